The summed E-state index contributed by atoms with van der Waals surface area (Å²) in [6.07, 6.45) is -3.81. The monoisotopic (exact) mass is 509 g/mol. The Hall–Kier alpha value is -2.89. The van der Waals surface area contributed by atoms with Crippen molar-refractivity contribution in [2.75, 3.05) is 58.5 Å². The zero-order valence-corrected chi connectivity index (χ0v) is 20.2. The van der Waals surface area contributed by atoms with Crippen molar-refractivity contribution < 1.29 is 32.2 Å². The Balaban J connectivity index is 1.65. The van der Waals surface area contributed by atoms with E-state index in [0.29, 0.717) is 48.3 Å². The SMILES string of the molecule is COc1ccc(OC)c2sc(N(CCCN3CCOCC3)C(=O)c3ccc(C(F)(F)F)cc3)nc12. The molecule has 2 heterocycles. The summed E-state index contributed by atoms with van der Waals surface area (Å²) in [4.78, 5) is 21.9. The van der Waals surface area contributed by atoms with Gasteiger partial charge in [0, 0.05) is 31.7 Å². The Labute approximate surface area is 205 Å². The minimum atomic E-state index is -4.47. The molecule has 1 aliphatic rings. The van der Waals surface area contributed by atoms with Gasteiger partial charge < -0.3 is 14.2 Å². The molecule has 0 aliphatic carbocycles. The zero-order chi connectivity index (χ0) is 25.0. The summed E-state index contributed by atoms with van der Waals surface area (Å²) in [5, 5.41) is 0.426. The largest absolute Gasteiger partial charge is 0.495 e. The van der Waals surface area contributed by atoms with Gasteiger partial charge in [0.25, 0.3) is 5.91 Å². The summed E-state index contributed by atoms with van der Waals surface area (Å²) in [6, 6.07) is 7.75. The quantitative estimate of drug-likeness (QED) is 0.439. The van der Waals surface area contributed by atoms with Crippen LogP contribution in [0.2, 0.25) is 0 Å². The Kier molecular flexibility index (Phi) is 7.78. The van der Waals surface area contributed by atoms with Gasteiger partial charge in [-0.1, -0.05) is 11.3 Å². The molecule has 0 saturated carbocycles. The molecular weight excluding hydrogens is 483 g/mol. The van der Waals surface area contributed by atoms with E-state index in [1.165, 1.54) is 35.5 Å². The molecule has 0 atom stereocenters. The predicted molar refractivity (Wildman–Crippen MR) is 128 cm³/mol. The fourth-order valence-electron chi connectivity index (χ4n) is 3.91. The fourth-order valence-corrected chi connectivity index (χ4v) is 5.01. The van der Waals surface area contributed by atoms with Crippen LogP contribution in [0.5, 0.6) is 11.5 Å². The predicted octanol–water partition coefficient (Wildman–Crippen LogP) is 4.70. The van der Waals surface area contributed by atoms with Crippen molar-refractivity contribution in [2.45, 2.75) is 12.6 Å². The number of morpholine rings is 1. The zero-order valence-electron chi connectivity index (χ0n) is 19.4. The lowest BCUT2D eigenvalue weighted by Gasteiger charge is -2.27. The number of ether oxygens (including phenoxy) is 3. The van der Waals surface area contributed by atoms with Gasteiger partial charge >= 0.3 is 6.18 Å². The third kappa shape index (κ3) is 5.68. The van der Waals surface area contributed by atoms with Crippen LogP contribution in [-0.2, 0) is 10.9 Å². The summed E-state index contributed by atoms with van der Waals surface area (Å²) in [5.74, 6) is 0.719. The van der Waals surface area contributed by atoms with E-state index < -0.39 is 17.6 Å². The van der Waals surface area contributed by atoms with Crippen LogP contribution in [0.4, 0.5) is 18.3 Å². The third-order valence-electron chi connectivity index (χ3n) is 5.79. The first kappa shape index (κ1) is 25.2. The molecule has 4 rings (SSSR count). The minimum Gasteiger partial charge on any atom is -0.495 e. The maximum atomic E-state index is 13.5. The molecular formula is C24H26F3N3O4S. The van der Waals surface area contributed by atoms with E-state index in [4.69, 9.17) is 14.2 Å². The highest BCUT2D eigenvalue weighted by molar-refractivity contribution is 7.22. The molecule has 2 aromatic carbocycles. The molecule has 1 amide bonds. The van der Waals surface area contributed by atoms with Gasteiger partial charge in [0.2, 0.25) is 0 Å². The first-order valence-electron chi connectivity index (χ1n) is 11.1. The number of hydrogen-bond acceptors (Lipinski definition) is 7. The number of thiazole rings is 1. The van der Waals surface area contributed by atoms with Gasteiger partial charge in [0.1, 0.15) is 21.7 Å². The molecule has 0 unspecified atom stereocenters. The Bertz CT molecular complexity index is 1120. The number of rotatable bonds is 8. The Morgan fingerprint density at radius 1 is 1.09 bits per heavy atom. The number of methoxy groups -OCH3 is 2. The summed E-state index contributed by atoms with van der Waals surface area (Å²) >= 11 is 1.28. The van der Waals surface area contributed by atoms with E-state index >= 15 is 0 Å². The van der Waals surface area contributed by atoms with Gasteiger partial charge in [0.15, 0.2) is 5.13 Å². The highest BCUT2D eigenvalue weighted by Gasteiger charge is 2.31. The molecule has 7 nitrogen and oxygen atoms in total. The van der Waals surface area contributed by atoms with Crippen molar-refractivity contribution in [3.8, 4) is 11.5 Å². The average Bonchev–Trinajstić information content (AvgIpc) is 3.31. The average molecular weight is 510 g/mol. The molecule has 188 valence electrons. The van der Waals surface area contributed by atoms with Crippen molar-refractivity contribution in [3.63, 3.8) is 0 Å². The van der Waals surface area contributed by atoms with Gasteiger partial charge in [-0.15, -0.1) is 0 Å². The number of amides is 1. The van der Waals surface area contributed by atoms with E-state index in [0.717, 1.165) is 36.5 Å². The van der Waals surface area contributed by atoms with Crippen molar-refractivity contribution in [2.24, 2.45) is 0 Å². The topological polar surface area (TPSA) is 64.1 Å². The van der Waals surface area contributed by atoms with Crippen LogP contribution in [0.15, 0.2) is 36.4 Å². The lowest BCUT2D eigenvalue weighted by molar-refractivity contribution is -0.137. The Morgan fingerprint density at radius 2 is 1.74 bits per heavy atom. The van der Waals surface area contributed by atoms with Gasteiger partial charge in [-0.3, -0.25) is 14.6 Å². The molecule has 1 saturated heterocycles. The first-order chi connectivity index (χ1) is 16.8. The molecule has 3 aromatic rings. The number of benzene rings is 2. The van der Waals surface area contributed by atoms with E-state index in [9.17, 15) is 18.0 Å². The van der Waals surface area contributed by atoms with Crippen LogP contribution in [0.25, 0.3) is 10.2 Å². The lowest BCUT2D eigenvalue weighted by atomic mass is 10.1. The standard InChI is InChI=1S/C24H26F3N3O4S/c1-32-18-8-9-19(33-2)21-20(18)28-23(35-21)30(11-3-10-29-12-14-34-15-13-29)22(31)16-4-6-17(7-5-16)24(25,26)27/h4-9H,3,10-15H2,1-2H3. The maximum absolute atomic E-state index is 13.5. The molecule has 1 fully saturated rings. The fraction of sp³-hybridized carbons (Fsp3) is 0.417. The first-order valence-corrected chi connectivity index (χ1v) is 11.9. The number of anilines is 1. The number of fused-ring (bicyclic) bond motifs is 1. The molecule has 11 heteroatoms. The normalized spacial score (nSPS) is 14.8. The third-order valence-corrected chi connectivity index (χ3v) is 6.89. The maximum Gasteiger partial charge on any atom is 0.416 e. The Morgan fingerprint density at radius 3 is 2.37 bits per heavy atom. The van der Waals surface area contributed by atoms with Crippen molar-refractivity contribution in [3.05, 3.63) is 47.5 Å². The number of nitrogens with zero attached hydrogens (tertiary/aromatic N) is 3. The number of carbonyl (C=O) groups is 1. The molecule has 1 aliphatic heterocycles. The number of carbonyl (C=O) groups excluding carboxylic acids is 1. The van der Waals surface area contributed by atoms with Gasteiger partial charge in [-0.05, 0) is 42.8 Å². The summed E-state index contributed by atoms with van der Waals surface area (Å²) in [7, 11) is 3.09. The van der Waals surface area contributed by atoms with Crippen LogP contribution in [-0.4, -0.2) is 69.4 Å². The van der Waals surface area contributed by atoms with Gasteiger partial charge in [-0.2, -0.15) is 13.2 Å². The second kappa shape index (κ2) is 10.8. The van der Waals surface area contributed by atoms with Crippen LogP contribution in [0.1, 0.15) is 22.3 Å². The molecule has 35 heavy (non-hydrogen) atoms. The van der Waals surface area contributed by atoms with Crippen LogP contribution >= 0.6 is 11.3 Å². The number of aromatic nitrogens is 1. The van der Waals surface area contributed by atoms with Crippen LogP contribution < -0.4 is 14.4 Å². The number of halogens is 3. The minimum absolute atomic E-state index is 0.155. The van der Waals surface area contributed by atoms with E-state index in [1.54, 1.807) is 19.2 Å². The van der Waals surface area contributed by atoms with Gasteiger partial charge in [-0.25, -0.2) is 4.98 Å². The highest BCUT2D eigenvalue weighted by atomic mass is 32.1. The molecule has 0 N–H and O–H groups in total. The van der Waals surface area contributed by atoms with E-state index in [-0.39, 0.29) is 5.56 Å². The smallest absolute Gasteiger partial charge is 0.416 e. The lowest BCUT2D eigenvalue weighted by Crippen LogP contribution is -2.39. The van der Waals surface area contributed by atoms with Crippen LogP contribution in [0, 0.1) is 0 Å². The second-order valence-electron chi connectivity index (χ2n) is 7.98. The molecule has 0 spiro atoms. The summed E-state index contributed by atoms with van der Waals surface area (Å²) < 4.78 is 56.0. The molecule has 1 aromatic heterocycles. The number of alkyl halides is 3. The van der Waals surface area contributed by atoms with Gasteiger partial charge in [0.05, 0.1) is 33.0 Å². The second-order valence-corrected chi connectivity index (χ2v) is 8.96. The summed E-state index contributed by atoms with van der Waals surface area (Å²) in [6.45, 7) is 4.10. The van der Waals surface area contributed by atoms with Crippen molar-refractivity contribution in [1.82, 2.24) is 9.88 Å². The number of hydrogen-bond donors (Lipinski definition) is 0. The van der Waals surface area contributed by atoms with E-state index in [1.807, 2.05) is 0 Å². The van der Waals surface area contributed by atoms with Crippen molar-refractivity contribution >= 4 is 32.6 Å². The molecule has 0 radical (unpaired) electrons. The summed E-state index contributed by atoms with van der Waals surface area (Å²) in [5.41, 5.74) is -0.0878. The molecule has 0 bridgehead atoms. The van der Waals surface area contributed by atoms with Crippen molar-refractivity contribution in [1.29, 1.82) is 0 Å². The highest BCUT2D eigenvalue weighted by Crippen LogP contribution is 2.40. The van der Waals surface area contributed by atoms with Crippen LogP contribution in [0.3, 0.4) is 0 Å². The van der Waals surface area contributed by atoms with E-state index in [2.05, 4.69) is 9.88 Å².